The molecule has 0 radical (unpaired) electrons. The van der Waals surface area contributed by atoms with Crippen molar-refractivity contribution in [2.75, 3.05) is 27.4 Å². The summed E-state index contributed by atoms with van der Waals surface area (Å²) < 4.78 is 21.0. The van der Waals surface area contributed by atoms with E-state index in [0.717, 1.165) is 5.57 Å². The molecule has 30 heavy (non-hydrogen) atoms. The SMILES string of the molecule is COC1=C(OC)C(O)C(C/C=C(\C)CO[C@H]2OC(CO)[C@H](O)C(O)[C@H]2O)C(C)C1=O. The third kappa shape index (κ3) is 5.02. The fourth-order valence-electron chi connectivity index (χ4n) is 3.69. The minimum absolute atomic E-state index is 0.0282. The average Bonchev–Trinajstić information content (AvgIpc) is 2.73. The minimum atomic E-state index is -1.51. The first-order valence-corrected chi connectivity index (χ1v) is 9.80. The summed E-state index contributed by atoms with van der Waals surface area (Å²) in [5.74, 6) is -1.01. The van der Waals surface area contributed by atoms with E-state index in [9.17, 15) is 30.3 Å². The van der Waals surface area contributed by atoms with E-state index in [4.69, 9.17) is 18.9 Å². The van der Waals surface area contributed by atoms with Gasteiger partial charge in [-0.15, -0.1) is 0 Å². The Morgan fingerprint density at radius 2 is 1.77 bits per heavy atom. The Bertz CT molecular complexity index is 658. The van der Waals surface area contributed by atoms with Crippen LogP contribution in [0, 0.1) is 11.8 Å². The van der Waals surface area contributed by atoms with Gasteiger partial charge in [0.1, 0.15) is 30.5 Å². The Balaban J connectivity index is 2.00. The predicted molar refractivity (Wildman–Crippen MR) is 103 cm³/mol. The summed E-state index contributed by atoms with van der Waals surface area (Å²) >= 11 is 0. The number of carbonyl (C=O) groups is 1. The number of aliphatic hydroxyl groups excluding tert-OH is 5. The van der Waals surface area contributed by atoms with Gasteiger partial charge in [-0.05, 0) is 13.3 Å². The average molecular weight is 432 g/mol. The second kappa shape index (κ2) is 10.7. The van der Waals surface area contributed by atoms with Crippen LogP contribution in [-0.2, 0) is 23.7 Å². The summed E-state index contributed by atoms with van der Waals surface area (Å²) in [7, 11) is 2.72. The maximum Gasteiger partial charge on any atom is 0.204 e. The molecule has 0 aromatic carbocycles. The van der Waals surface area contributed by atoms with Crippen molar-refractivity contribution in [1.82, 2.24) is 0 Å². The molecule has 1 heterocycles. The number of hydrogen-bond donors (Lipinski definition) is 5. The van der Waals surface area contributed by atoms with Crippen molar-refractivity contribution in [3.8, 4) is 0 Å². The van der Waals surface area contributed by atoms with Crippen LogP contribution < -0.4 is 0 Å². The van der Waals surface area contributed by atoms with Crippen LogP contribution in [0.5, 0.6) is 0 Å². The van der Waals surface area contributed by atoms with E-state index in [1.54, 1.807) is 19.9 Å². The summed E-state index contributed by atoms with van der Waals surface area (Å²) in [6, 6.07) is 0. The monoisotopic (exact) mass is 432 g/mol. The summed E-state index contributed by atoms with van der Waals surface area (Å²) in [5.41, 5.74) is 0.735. The fourth-order valence-corrected chi connectivity index (χ4v) is 3.69. The summed E-state index contributed by atoms with van der Waals surface area (Å²) in [6.45, 7) is 2.97. The molecule has 10 heteroatoms. The molecule has 1 fully saturated rings. The molecule has 1 aliphatic carbocycles. The molecule has 0 amide bonds. The van der Waals surface area contributed by atoms with Gasteiger partial charge in [-0.2, -0.15) is 0 Å². The van der Waals surface area contributed by atoms with Gasteiger partial charge in [0.25, 0.3) is 0 Å². The zero-order chi connectivity index (χ0) is 22.6. The van der Waals surface area contributed by atoms with Crippen molar-refractivity contribution < 1.29 is 49.3 Å². The lowest BCUT2D eigenvalue weighted by Crippen LogP contribution is -2.59. The molecular formula is C20H32O10. The quantitative estimate of drug-likeness (QED) is 0.297. The predicted octanol–water partition coefficient (Wildman–Crippen LogP) is -1.16. The van der Waals surface area contributed by atoms with Crippen LogP contribution in [0.4, 0.5) is 0 Å². The molecule has 0 spiro atoms. The summed E-state index contributed by atoms with van der Waals surface area (Å²) in [4.78, 5) is 12.5. The van der Waals surface area contributed by atoms with Gasteiger partial charge in [0.2, 0.25) is 11.5 Å². The lowest BCUT2D eigenvalue weighted by atomic mass is 9.77. The van der Waals surface area contributed by atoms with Gasteiger partial charge >= 0.3 is 0 Å². The highest BCUT2D eigenvalue weighted by Gasteiger charge is 2.44. The number of methoxy groups -OCH3 is 2. The largest absolute Gasteiger partial charge is 0.494 e. The van der Waals surface area contributed by atoms with Crippen LogP contribution >= 0.6 is 0 Å². The molecule has 2 aliphatic rings. The van der Waals surface area contributed by atoms with Crippen molar-refractivity contribution in [2.45, 2.75) is 57.1 Å². The molecular weight excluding hydrogens is 400 g/mol. The number of carbonyl (C=O) groups excluding carboxylic acids is 1. The molecule has 2 rings (SSSR count). The second-order valence-corrected chi connectivity index (χ2v) is 7.66. The van der Waals surface area contributed by atoms with Crippen molar-refractivity contribution in [3.05, 3.63) is 23.2 Å². The van der Waals surface area contributed by atoms with Crippen molar-refractivity contribution in [3.63, 3.8) is 0 Å². The standard InChI is InChI=1S/C20H32O10/c1-9(8-29-20-17(26)16(25)15(24)12(7-21)30-20)5-6-11-10(2)13(22)18(27-3)19(28-4)14(11)23/h5,10-12,14-17,20-21,23-26H,6-8H2,1-4H3/b9-5+/t10?,11?,12?,14?,15-,16?,17+,20-/m0/s1. The van der Waals surface area contributed by atoms with Gasteiger partial charge in [-0.25, -0.2) is 0 Å². The molecule has 172 valence electrons. The molecule has 5 N–H and O–H groups in total. The third-order valence-electron chi connectivity index (χ3n) is 5.66. The summed E-state index contributed by atoms with van der Waals surface area (Å²) in [6.07, 6.45) is -5.55. The molecule has 10 nitrogen and oxygen atoms in total. The smallest absolute Gasteiger partial charge is 0.204 e. The Kier molecular flexibility index (Phi) is 8.80. The van der Waals surface area contributed by atoms with Gasteiger partial charge in [0.05, 0.1) is 27.4 Å². The molecule has 8 atom stereocenters. The van der Waals surface area contributed by atoms with Crippen LogP contribution in [0.25, 0.3) is 0 Å². The van der Waals surface area contributed by atoms with Gasteiger partial charge in [-0.3, -0.25) is 4.79 Å². The van der Waals surface area contributed by atoms with Crippen LogP contribution in [0.2, 0.25) is 0 Å². The van der Waals surface area contributed by atoms with Gasteiger partial charge in [-0.1, -0.05) is 18.6 Å². The number of allylic oxidation sites excluding steroid dienone is 2. The van der Waals surface area contributed by atoms with E-state index < -0.39 is 55.3 Å². The molecule has 0 saturated carbocycles. The Hall–Kier alpha value is -1.53. The molecule has 1 saturated heterocycles. The number of rotatable bonds is 8. The first-order valence-electron chi connectivity index (χ1n) is 9.80. The Morgan fingerprint density at radius 3 is 2.33 bits per heavy atom. The highest BCUT2D eigenvalue weighted by atomic mass is 16.7. The van der Waals surface area contributed by atoms with E-state index in [0.29, 0.717) is 6.42 Å². The van der Waals surface area contributed by atoms with Crippen molar-refractivity contribution in [2.24, 2.45) is 11.8 Å². The highest BCUT2D eigenvalue weighted by molar-refractivity contribution is 5.97. The summed E-state index contributed by atoms with van der Waals surface area (Å²) in [5, 5.41) is 49.4. The minimum Gasteiger partial charge on any atom is -0.494 e. The number of aliphatic hydroxyl groups is 5. The van der Waals surface area contributed by atoms with E-state index in [2.05, 4.69) is 0 Å². The Morgan fingerprint density at radius 1 is 1.10 bits per heavy atom. The maximum atomic E-state index is 12.5. The maximum absolute atomic E-state index is 12.5. The third-order valence-corrected chi connectivity index (χ3v) is 5.66. The first-order chi connectivity index (χ1) is 14.2. The molecule has 1 aliphatic heterocycles. The number of hydrogen-bond acceptors (Lipinski definition) is 10. The zero-order valence-electron chi connectivity index (χ0n) is 17.6. The van der Waals surface area contributed by atoms with E-state index in [1.165, 1.54) is 14.2 Å². The lowest BCUT2D eigenvalue weighted by Gasteiger charge is -2.39. The van der Waals surface area contributed by atoms with Gasteiger partial charge < -0.3 is 44.5 Å². The first kappa shape index (κ1) is 24.7. The van der Waals surface area contributed by atoms with Crippen LogP contribution in [-0.4, -0.2) is 95.6 Å². The number of ether oxygens (including phenoxy) is 4. The normalized spacial score (nSPS) is 38.0. The molecule has 0 aromatic heterocycles. The van der Waals surface area contributed by atoms with Crippen LogP contribution in [0.3, 0.4) is 0 Å². The molecule has 0 bridgehead atoms. The topological polar surface area (TPSA) is 155 Å². The Labute approximate surface area is 175 Å². The van der Waals surface area contributed by atoms with Gasteiger partial charge in [0.15, 0.2) is 12.0 Å². The van der Waals surface area contributed by atoms with Crippen molar-refractivity contribution >= 4 is 5.78 Å². The van der Waals surface area contributed by atoms with Gasteiger partial charge in [0, 0.05) is 11.8 Å². The van der Waals surface area contributed by atoms with Crippen molar-refractivity contribution in [1.29, 1.82) is 0 Å². The number of Topliss-reactive ketones (excluding diaryl/α,β-unsaturated/α-hetero) is 1. The lowest BCUT2D eigenvalue weighted by molar-refractivity contribution is -0.299. The van der Waals surface area contributed by atoms with E-state index in [1.807, 2.05) is 0 Å². The van der Waals surface area contributed by atoms with E-state index >= 15 is 0 Å². The second-order valence-electron chi connectivity index (χ2n) is 7.66. The van der Waals surface area contributed by atoms with Crippen LogP contribution in [0.15, 0.2) is 23.2 Å². The number of ketones is 1. The van der Waals surface area contributed by atoms with Crippen LogP contribution in [0.1, 0.15) is 20.3 Å². The zero-order valence-corrected chi connectivity index (χ0v) is 17.6. The highest BCUT2D eigenvalue weighted by Crippen LogP contribution is 2.35. The fraction of sp³-hybridized carbons (Fsp3) is 0.750. The molecule has 0 aromatic rings. The van der Waals surface area contributed by atoms with E-state index in [-0.39, 0.29) is 23.9 Å². The molecule has 5 unspecified atom stereocenters.